The van der Waals surface area contributed by atoms with Crippen molar-refractivity contribution in [3.05, 3.63) is 0 Å². The Labute approximate surface area is 203 Å². The highest BCUT2D eigenvalue weighted by Gasteiger charge is 2.24. The van der Waals surface area contributed by atoms with E-state index in [0.717, 1.165) is 32.0 Å². The Kier molecular flexibility index (Phi) is 21.4. The number of unbranched alkanes of at least 4 members (excludes halogenated alkanes) is 13. The number of aldehydes is 1. The molecule has 6 heteroatoms. The summed E-state index contributed by atoms with van der Waals surface area (Å²) in [6, 6.07) is -1.14. The quantitative estimate of drug-likeness (QED) is 0.138. The van der Waals surface area contributed by atoms with E-state index in [1.807, 2.05) is 13.8 Å². The average Bonchev–Trinajstić information content (AvgIpc) is 2.79. The van der Waals surface area contributed by atoms with Gasteiger partial charge in [0.25, 0.3) is 0 Å². The molecule has 33 heavy (non-hydrogen) atoms. The summed E-state index contributed by atoms with van der Waals surface area (Å²) in [6.07, 6.45) is 19.8. The largest absolute Gasteiger partial charge is 0.345 e. The summed E-state index contributed by atoms with van der Waals surface area (Å²) in [5.41, 5.74) is 5.56. The third-order valence-electron chi connectivity index (χ3n) is 6.28. The standard InChI is InChI=1S/C27H53N3O3/c1-4-5-6-7-8-9-10-11-12-13-14-15-16-20-26(32)29-24(19-17-18-21-28)27(33)30-25(22-31)23(2)3/h22-25H,4-21,28H2,1-3H3,(H,29,32)(H,30,33)/t24-,25+/m0/s1. The molecule has 0 aromatic carbocycles. The van der Waals surface area contributed by atoms with Crippen molar-refractivity contribution in [1.29, 1.82) is 0 Å². The molecule has 2 atom stereocenters. The second kappa shape index (κ2) is 22.4. The molecule has 4 N–H and O–H groups in total. The van der Waals surface area contributed by atoms with E-state index in [0.29, 0.717) is 19.4 Å². The van der Waals surface area contributed by atoms with Gasteiger partial charge in [-0.1, -0.05) is 97.8 Å². The summed E-state index contributed by atoms with van der Waals surface area (Å²) in [6.45, 7) is 6.59. The third kappa shape index (κ3) is 18.7. The second-order valence-electron chi connectivity index (χ2n) is 9.81. The van der Waals surface area contributed by atoms with Crippen LogP contribution in [-0.2, 0) is 14.4 Å². The first-order chi connectivity index (χ1) is 16.0. The van der Waals surface area contributed by atoms with E-state index in [9.17, 15) is 14.4 Å². The number of carbonyl (C=O) groups is 3. The molecule has 0 aromatic rings. The molecule has 0 unspecified atom stereocenters. The van der Waals surface area contributed by atoms with E-state index in [2.05, 4.69) is 17.6 Å². The minimum Gasteiger partial charge on any atom is -0.345 e. The molecular formula is C27H53N3O3. The Morgan fingerprint density at radius 3 is 1.73 bits per heavy atom. The Bertz CT molecular complexity index is 497. The van der Waals surface area contributed by atoms with E-state index in [4.69, 9.17) is 5.73 Å². The minimum atomic E-state index is -0.604. The molecule has 0 bridgehead atoms. The van der Waals surface area contributed by atoms with Gasteiger partial charge in [-0.15, -0.1) is 0 Å². The molecule has 0 aliphatic rings. The number of hydrogen-bond acceptors (Lipinski definition) is 4. The summed E-state index contributed by atoms with van der Waals surface area (Å²) in [5.74, 6) is -0.354. The lowest BCUT2D eigenvalue weighted by atomic mass is 10.0. The molecule has 0 spiro atoms. The predicted molar refractivity (Wildman–Crippen MR) is 138 cm³/mol. The lowest BCUT2D eigenvalue weighted by Crippen LogP contribution is -2.51. The lowest BCUT2D eigenvalue weighted by Gasteiger charge is -2.22. The van der Waals surface area contributed by atoms with Crippen LogP contribution in [-0.4, -0.2) is 36.7 Å². The average molecular weight is 468 g/mol. The van der Waals surface area contributed by atoms with Crippen LogP contribution in [0.25, 0.3) is 0 Å². The van der Waals surface area contributed by atoms with Crippen LogP contribution in [0, 0.1) is 5.92 Å². The van der Waals surface area contributed by atoms with Gasteiger partial charge in [0.15, 0.2) is 0 Å². The maximum Gasteiger partial charge on any atom is 0.243 e. The van der Waals surface area contributed by atoms with Crippen molar-refractivity contribution >= 4 is 18.1 Å². The number of hydrogen-bond donors (Lipinski definition) is 3. The van der Waals surface area contributed by atoms with E-state index in [-0.39, 0.29) is 17.7 Å². The first kappa shape index (κ1) is 31.6. The van der Waals surface area contributed by atoms with Crippen molar-refractivity contribution in [2.75, 3.05) is 6.54 Å². The number of carbonyl (C=O) groups excluding carboxylic acids is 3. The normalized spacial score (nSPS) is 13.0. The zero-order valence-corrected chi connectivity index (χ0v) is 21.8. The van der Waals surface area contributed by atoms with E-state index in [1.165, 1.54) is 70.6 Å². The highest BCUT2D eigenvalue weighted by atomic mass is 16.2. The summed E-state index contributed by atoms with van der Waals surface area (Å²) >= 11 is 0. The summed E-state index contributed by atoms with van der Waals surface area (Å²) in [5, 5.41) is 5.64. The lowest BCUT2D eigenvalue weighted by molar-refractivity contribution is -0.130. The SMILES string of the molecule is CCCCCCCCCCCCCCCC(=O)N[C@@H](CCCCN)C(=O)N[C@H](C=O)C(C)C. The van der Waals surface area contributed by atoms with Gasteiger partial charge in [-0.05, 0) is 38.1 Å². The topological polar surface area (TPSA) is 101 Å². The molecule has 6 nitrogen and oxygen atoms in total. The minimum absolute atomic E-state index is 0.0117. The number of nitrogens with two attached hydrogens (primary N) is 1. The first-order valence-corrected chi connectivity index (χ1v) is 13.7. The molecule has 0 saturated heterocycles. The highest BCUT2D eigenvalue weighted by Crippen LogP contribution is 2.13. The van der Waals surface area contributed by atoms with E-state index < -0.39 is 12.1 Å². The van der Waals surface area contributed by atoms with Crippen LogP contribution in [0.2, 0.25) is 0 Å². The smallest absolute Gasteiger partial charge is 0.243 e. The summed E-state index contributed by atoms with van der Waals surface area (Å²) in [4.78, 5) is 36.2. The fraction of sp³-hybridized carbons (Fsp3) is 0.889. The van der Waals surface area contributed by atoms with Crippen molar-refractivity contribution < 1.29 is 14.4 Å². The molecule has 0 rings (SSSR count). The van der Waals surface area contributed by atoms with Crippen LogP contribution in [0.4, 0.5) is 0 Å². The van der Waals surface area contributed by atoms with Crippen LogP contribution in [0.3, 0.4) is 0 Å². The van der Waals surface area contributed by atoms with Gasteiger partial charge in [-0.2, -0.15) is 0 Å². The molecule has 194 valence electrons. The fourth-order valence-electron chi connectivity index (χ4n) is 3.95. The van der Waals surface area contributed by atoms with Gasteiger partial charge >= 0.3 is 0 Å². The van der Waals surface area contributed by atoms with Gasteiger partial charge in [0.1, 0.15) is 12.3 Å². The van der Waals surface area contributed by atoms with Crippen LogP contribution >= 0.6 is 0 Å². The zero-order chi connectivity index (χ0) is 24.7. The van der Waals surface area contributed by atoms with Crippen molar-refractivity contribution in [1.82, 2.24) is 10.6 Å². The molecule has 0 aliphatic heterocycles. The number of rotatable bonds is 23. The van der Waals surface area contributed by atoms with Gasteiger partial charge < -0.3 is 21.2 Å². The molecule has 0 aliphatic carbocycles. The molecule has 0 heterocycles. The van der Waals surface area contributed by atoms with E-state index in [1.54, 1.807) is 0 Å². The summed E-state index contributed by atoms with van der Waals surface area (Å²) < 4.78 is 0. The monoisotopic (exact) mass is 467 g/mol. The molecule has 0 radical (unpaired) electrons. The Balaban J connectivity index is 4.02. The van der Waals surface area contributed by atoms with Crippen molar-refractivity contribution in [3.8, 4) is 0 Å². The van der Waals surface area contributed by atoms with Gasteiger partial charge in [0.05, 0.1) is 6.04 Å². The first-order valence-electron chi connectivity index (χ1n) is 13.7. The van der Waals surface area contributed by atoms with Gasteiger partial charge in [-0.3, -0.25) is 9.59 Å². The summed E-state index contributed by atoms with van der Waals surface area (Å²) in [7, 11) is 0. The Hall–Kier alpha value is -1.43. The number of nitrogens with one attached hydrogen (secondary N) is 2. The van der Waals surface area contributed by atoms with Gasteiger partial charge in [-0.25, -0.2) is 0 Å². The maximum atomic E-state index is 12.6. The van der Waals surface area contributed by atoms with Gasteiger partial charge in [0, 0.05) is 6.42 Å². The van der Waals surface area contributed by atoms with Crippen molar-refractivity contribution in [3.63, 3.8) is 0 Å². The second-order valence-corrected chi connectivity index (χ2v) is 9.81. The molecule has 2 amide bonds. The zero-order valence-electron chi connectivity index (χ0n) is 21.8. The van der Waals surface area contributed by atoms with Crippen molar-refractivity contribution in [2.24, 2.45) is 11.7 Å². The third-order valence-corrected chi connectivity index (χ3v) is 6.28. The Morgan fingerprint density at radius 1 is 0.758 bits per heavy atom. The predicted octanol–water partition coefficient (Wildman–Crippen LogP) is 5.42. The molecular weight excluding hydrogens is 414 g/mol. The van der Waals surface area contributed by atoms with Gasteiger partial charge in [0.2, 0.25) is 11.8 Å². The van der Waals surface area contributed by atoms with Crippen LogP contribution < -0.4 is 16.4 Å². The Morgan fingerprint density at radius 2 is 1.27 bits per heavy atom. The van der Waals surface area contributed by atoms with E-state index >= 15 is 0 Å². The van der Waals surface area contributed by atoms with Crippen molar-refractivity contribution in [2.45, 2.75) is 142 Å². The maximum absolute atomic E-state index is 12.6. The molecule has 0 saturated carbocycles. The number of amides is 2. The van der Waals surface area contributed by atoms with Crippen LogP contribution in [0.15, 0.2) is 0 Å². The van der Waals surface area contributed by atoms with Crippen LogP contribution in [0.5, 0.6) is 0 Å². The fourth-order valence-corrected chi connectivity index (χ4v) is 3.95. The van der Waals surface area contributed by atoms with Crippen LogP contribution in [0.1, 0.15) is 130 Å². The highest BCUT2D eigenvalue weighted by molar-refractivity contribution is 5.89. The molecule has 0 fully saturated rings. The molecule has 0 aromatic heterocycles.